The summed E-state index contributed by atoms with van der Waals surface area (Å²) in [6.07, 6.45) is 0.772. The van der Waals surface area contributed by atoms with Crippen molar-refractivity contribution in [2.24, 2.45) is 5.92 Å². The lowest BCUT2D eigenvalue weighted by atomic mass is 9.92. The molecule has 0 bridgehead atoms. The van der Waals surface area contributed by atoms with Crippen LogP contribution >= 0.6 is 0 Å². The van der Waals surface area contributed by atoms with Crippen LogP contribution in [0.4, 0.5) is 0 Å². The second-order valence-electron chi connectivity index (χ2n) is 9.51. The zero-order valence-electron chi connectivity index (χ0n) is 20.7. The van der Waals surface area contributed by atoms with Crippen LogP contribution in [0, 0.1) is 19.8 Å². The van der Waals surface area contributed by atoms with Gasteiger partial charge in [0.2, 0.25) is 5.91 Å². The number of hydrogen-bond donors (Lipinski definition) is 2. The van der Waals surface area contributed by atoms with Gasteiger partial charge in [0.05, 0.1) is 5.56 Å². The molecule has 3 amide bonds. The van der Waals surface area contributed by atoms with E-state index in [2.05, 4.69) is 10.9 Å². The summed E-state index contributed by atoms with van der Waals surface area (Å²) in [4.78, 5) is 40.8. The molecule has 3 aromatic rings. The third-order valence-electron chi connectivity index (χ3n) is 6.44. The Morgan fingerprint density at radius 1 is 0.943 bits per heavy atom. The third kappa shape index (κ3) is 5.14. The van der Waals surface area contributed by atoms with E-state index in [-0.39, 0.29) is 11.8 Å². The second kappa shape index (κ2) is 10.2. The van der Waals surface area contributed by atoms with Crippen LogP contribution < -0.4 is 10.9 Å². The molecule has 1 atom stereocenters. The Morgan fingerprint density at radius 3 is 2.29 bits per heavy atom. The van der Waals surface area contributed by atoms with Crippen LogP contribution in [-0.2, 0) is 22.6 Å². The summed E-state index contributed by atoms with van der Waals surface area (Å²) in [6, 6.07) is 18.8. The standard InChI is InChI=1S/C28H32N4O3/c1-18(2)14-26(33)31-17-22-11-9-8-10-21(22)16-25(31)28(35)30-29-27(34)24-15-19(3)32(20(24)4)23-12-6-5-7-13-23/h5-13,15,18,25H,14,16-17H2,1-4H3,(H,29,34)(H,30,35). The first-order valence-corrected chi connectivity index (χ1v) is 12.0. The minimum Gasteiger partial charge on any atom is -0.326 e. The lowest BCUT2D eigenvalue weighted by Crippen LogP contribution is -2.56. The van der Waals surface area contributed by atoms with Gasteiger partial charge in [-0.05, 0) is 49.1 Å². The summed E-state index contributed by atoms with van der Waals surface area (Å²) >= 11 is 0. The molecule has 7 nitrogen and oxygen atoms in total. The van der Waals surface area contributed by atoms with Crippen LogP contribution in [0.5, 0.6) is 0 Å². The molecule has 0 spiro atoms. The average Bonchev–Trinajstić information content (AvgIpc) is 3.15. The van der Waals surface area contributed by atoms with Gasteiger partial charge in [-0.15, -0.1) is 0 Å². The number of fused-ring (bicyclic) bond motifs is 1. The summed E-state index contributed by atoms with van der Waals surface area (Å²) in [6.45, 7) is 8.16. The number of hydrazine groups is 1. The highest BCUT2D eigenvalue weighted by Gasteiger charge is 2.35. The molecule has 1 aromatic heterocycles. The van der Waals surface area contributed by atoms with Crippen LogP contribution in [-0.4, -0.2) is 33.2 Å². The van der Waals surface area contributed by atoms with E-state index in [0.29, 0.717) is 24.9 Å². The van der Waals surface area contributed by atoms with Gasteiger partial charge in [0.1, 0.15) is 6.04 Å². The number of amides is 3. The molecule has 1 aliphatic rings. The van der Waals surface area contributed by atoms with Crippen molar-refractivity contribution in [2.45, 2.75) is 53.1 Å². The minimum atomic E-state index is -0.687. The largest absolute Gasteiger partial charge is 0.326 e. The maximum absolute atomic E-state index is 13.2. The van der Waals surface area contributed by atoms with E-state index in [9.17, 15) is 14.4 Å². The molecule has 0 saturated heterocycles. The summed E-state index contributed by atoms with van der Waals surface area (Å²) in [7, 11) is 0. The van der Waals surface area contributed by atoms with Crippen molar-refractivity contribution >= 4 is 17.7 Å². The summed E-state index contributed by atoms with van der Waals surface area (Å²) in [5, 5.41) is 0. The van der Waals surface area contributed by atoms with Crippen molar-refractivity contribution in [3.05, 3.63) is 88.7 Å². The van der Waals surface area contributed by atoms with Gasteiger partial charge in [-0.2, -0.15) is 0 Å². The fourth-order valence-electron chi connectivity index (χ4n) is 4.72. The number of carbonyl (C=O) groups excluding carboxylic acids is 3. The highest BCUT2D eigenvalue weighted by atomic mass is 16.2. The zero-order valence-corrected chi connectivity index (χ0v) is 20.7. The number of aromatic nitrogens is 1. The molecular formula is C28H32N4O3. The molecule has 0 saturated carbocycles. The van der Waals surface area contributed by atoms with Crippen LogP contribution in [0.1, 0.15) is 53.1 Å². The van der Waals surface area contributed by atoms with Crippen molar-refractivity contribution < 1.29 is 14.4 Å². The Morgan fingerprint density at radius 2 is 1.60 bits per heavy atom. The molecule has 0 fully saturated rings. The van der Waals surface area contributed by atoms with E-state index in [0.717, 1.165) is 28.2 Å². The Balaban J connectivity index is 1.50. The van der Waals surface area contributed by atoms with Crippen LogP contribution in [0.15, 0.2) is 60.7 Å². The normalized spacial score (nSPS) is 15.0. The smallest absolute Gasteiger partial charge is 0.271 e. The number of benzene rings is 2. The van der Waals surface area contributed by atoms with Crippen molar-refractivity contribution in [3.63, 3.8) is 0 Å². The molecule has 0 aliphatic carbocycles. The first-order valence-electron chi connectivity index (χ1n) is 12.0. The average molecular weight is 473 g/mol. The summed E-state index contributed by atoms with van der Waals surface area (Å²) in [5.41, 5.74) is 10.4. The molecule has 182 valence electrons. The van der Waals surface area contributed by atoms with Gasteiger partial charge >= 0.3 is 0 Å². The van der Waals surface area contributed by atoms with Gasteiger partial charge in [0, 0.05) is 36.5 Å². The zero-order chi connectivity index (χ0) is 25.1. The molecule has 0 radical (unpaired) electrons. The fraction of sp³-hybridized carbons (Fsp3) is 0.321. The van der Waals surface area contributed by atoms with Gasteiger partial charge in [0.25, 0.3) is 11.8 Å². The molecule has 2 heterocycles. The molecular weight excluding hydrogens is 440 g/mol. The van der Waals surface area contributed by atoms with Crippen molar-refractivity contribution in [1.29, 1.82) is 0 Å². The van der Waals surface area contributed by atoms with Gasteiger partial charge in [-0.3, -0.25) is 25.2 Å². The van der Waals surface area contributed by atoms with E-state index in [4.69, 9.17) is 0 Å². The van der Waals surface area contributed by atoms with Crippen LogP contribution in [0.3, 0.4) is 0 Å². The van der Waals surface area contributed by atoms with E-state index >= 15 is 0 Å². The number of para-hydroxylation sites is 1. The van der Waals surface area contributed by atoms with Crippen molar-refractivity contribution in [2.75, 3.05) is 0 Å². The van der Waals surface area contributed by atoms with Gasteiger partial charge in [-0.1, -0.05) is 56.3 Å². The van der Waals surface area contributed by atoms with Gasteiger partial charge in [0.15, 0.2) is 0 Å². The number of hydrogen-bond acceptors (Lipinski definition) is 3. The highest BCUT2D eigenvalue weighted by Crippen LogP contribution is 2.25. The first kappa shape index (κ1) is 24.3. The van der Waals surface area contributed by atoms with Crippen LogP contribution in [0.25, 0.3) is 5.69 Å². The van der Waals surface area contributed by atoms with Crippen LogP contribution in [0.2, 0.25) is 0 Å². The molecule has 35 heavy (non-hydrogen) atoms. The lowest BCUT2D eigenvalue weighted by Gasteiger charge is -2.36. The summed E-state index contributed by atoms with van der Waals surface area (Å²) in [5.74, 6) is -0.679. The predicted octanol–water partition coefficient (Wildman–Crippen LogP) is 3.85. The molecule has 1 aliphatic heterocycles. The molecule has 4 rings (SSSR count). The number of carbonyl (C=O) groups is 3. The number of nitrogens with one attached hydrogen (secondary N) is 2. The monoisotopic (exact) mass is 472 g/mol. The highest BCUT2D eigenvalue weighted by molar-refractivity contribution is 5.98. The number of rotatable bonds is 5. The quantitative estimate of drug-likeness (QED) is 0.553. The Labute approximate surface area is 206 Å². The lowest BCUT2D eigenvalue weighted by molar-refractivity contribution is -0.142. The SMILES string of the molecule is Cc1cc(C(=O)NNC(=O)C2Cc3ccccc3CN2C(=O)CC(C)C)c(C)n1-c1ccccc1. The third-order valence-corrected chi connectivity index (χ3v) is 6.44. The fourth-order valence-corrected chi connectivity index (χ4v) is 4.72. The van der Waals surface area contributed by atoms with E-state index in [1.165, 1.54) is 0 Å². The summed E-state index contributed by atoms with van der Waals surface area (Å²) < 4.78 is 2.00. The van der Waals surface area contributed by atoms with Gasteiger partial charge in [-0.25, -0.2) is 0 Å². The number of aryl methyl sites for hydroxylation is 1. The van der Waals surface area contributed by atoms with Gasteiger partial charge < -0.3 is 9.47 Å². The Bertz CT molecular complexity index is 1250. The van der Waals surface area contributed by atoms with Crippen molar-refractivity contribution in [1.82, 2.24) is 20.3 Å². The maximum Gasteiger partial charge on any atom is 0.271 e. The topological polar surface area (TPSA) is 83.4 Å². The van der Waals surface area contributed by atoms with Crippen molar-refractivity contribution in [3.8, 4) is 5.69 Å². The Hall–Kier alpha value is -3.87. The molecule has 7 heteroatoms. The van der Waals surface area contributed by atoms with E-state index in [1.807, 2.05) is 86.9 Å². The molecule has 1 unspecified atom stereocenters. The number of nitrogens with zero attached hydrogens (tertiary/aromatic N) is 2. The Kier molecular flexibility index (Phi) is 7.05. The predicted molar refractivity (Wildman–Crippen MR) is 135 cm³/mol. The van der Waals surface area contributed by atoms with E-state index < -0.39 is 17.9 Å². The minimum absolute atomic E-state index is 0.0626. The first-order chi connectivity index (χ1) is 16.8. The molecule has 2 N–H and O–H groups in total. The maximum atomic E-state index is 13.2. The van der Waals surface area contributed by atoms with E-state index in [1.54, 1.807) is 11.0 Å². The molecule has 2 aromatic carbocycles. The second-order valence-corrected chi connectivity index (χ2v) is 9.51.